The van der Waals surface area contributed by atoms with Crippen LogP contribution < -0.4 is 5.73 Å². The molecule has 5 nitrogen and oxygen atoms in total. The Morgan fingerprint density at radius 2 is 2.25 bits per heavy atom. The first kappa shape index (κ1) is 15.0. The zero-order valence-corrected chi connectivity index (χ0v) is 12.4. The molecule has 0 saturated carbocycles. The summed E-state index contributed by atoms with van der Waals surface area (Å²) in [5.41, 5.74) is 7.68. The van der Waals surface area contributed by atoms with Crippen molar-refractivity contribution < 1.29 is 9.26 Å². The van der Waals surface area contributed by atoms with Crippen molar-refractivity contribution in [2.75, 3.05) is 13.2 Å². The minimum Gasteiger partial charge on any atom is -0.379 e. The molecule has 1 atom stereocenters. The van der Waals surface area contributed by atoms with E-state index in [4.69, 9.17) is 26.6 Å². The SMILES string of the molecule is CCCOCC(N)c1noc(-c2cccc(Cl)c2C)n1. The molecule has 0 spiro atoms. The van der Waals surface area contributed by atoms with E-state index in [1.54, 1.807) is 0 Å². The Morgan fingerprint density at radius 3 is 3.00 bits per heavy atom. The van der Waals surface area contributed by atoms with Crippen molar-refractivity contribution >= 4 is 11.6 Å². The van der Waals surface area contributed by atoms with Crippen LogP contribution in [0.15, 0.2) is 22.7 Å². The number of hydrogen-bond acceptors (Lipinski definition) is 5. The van der Waals surface area contributed by atoms with Gasteiger partial charge in [0.15, 0.2) is 5.82 Å². The summed E-state index contributed by atoms with van der Waals surface area (Å²) in [6.07, 6.45) is 0.950. The van der Waals surface area contributed by atoms with Gasteiger partial charge in [0.25, 0.3) is 5.89 Å². The maximum Gasteiger partial charge on any atom is 0.258 e. The molecule has 2 aromatic rings. The first-order valence-corrected chi connectivity index (χ1v) is 6.93. The highest BCUT2D eigenvalue weighted by molar-refractivity contribution is 6.31. The fraction of sp³-hybridized carbons (Fsp3) is 0.429. The molecule has 0 aliphatic heterocycles. The minimum absolute atomic E-state index is 0.376. The number of halogens is 1. The first-order chi connectivity index (χ1) is 9.63. The van der Waals surface area contributed by atoms with Gasteiger partial charge in [-0.15, -0.1) is 0 Å². The number of hydrogen-bond donors (Lipinski definition) is 1. The molecule has 0 amide bonds. The van der Waals surface area contributed by atoms with Crippen molar-refractivity contribution in [3.05, 3.63) is 34.6 Å². The summed E-state index contributed by atoms with van der Waals surface area (Å²) < 4.78 is 10.6. The number of nitrogens with zero attached hydrogens (tertiary/aromatic N) is 2. The molecule has 1 unspecified atom stereocenters. The number of benzene rings is 1. The summed E-state index contributed by atoms with van der Waals surface area (Å²) in [5, 5.41) is 4.57. The second-order valence-electron chi connectivity index (χ2n) is 4.55. The summed E-state index contributed by atoms with van der Waals surface area (Å²) in [5.74, 6) is 0.862. The summed E-state index contributed by atoms with van der Waals surface area (Å²) in [6.45, 7) is 5.00. The molecule has 0 saturated heterocycles. The van der Waals surface area contributed by atoms with Crippen molar-refractivity contribution in [1.29, 1.82) is 0 Å². The lowest BCUT2D eigenvalue weighted by Crippen LogP contribution is -2.18. The second-order valence-corrected chi connectivity index (χ2v) is 4.96. The molecule has 1 aromatic heterocycles. The van der Waals surface area contributed by atoms with E-state index in [0.29, 0.717) is 30.0 Å². The van der Waals surface area contributed by atoms with Crippen molar-refractivity contribution in [2.24, 2.45) is 5.73 Å². The second kappa shape index (κ2) is 6.83. The van der Waals surface area contributed by atoms with Crippen LogP contribution in [0.4, 0.5) is 0 Å². The standard InChI is InChI=1S/C14H18ClN3O2/c1-3-7-19-8-12(16)13-17-14(20-18-13)10-5-4-6-11(15)9(10)2/h4-6,12H,3,7-8,16H2,1-2H3. The number of rotatable bonds is 6. The fourth-order valence-electron chi connectivity index (χ4n) is 1.76. The van der Waals surface area contributed by atoms with Crippen LogP contribution >= 0.6 is 11.6 Å². The highest BCUT2D eigenvalue weighted by Crippen LogP contribution is 2.27. The van der Waals surface area contributed by atoms with E-state index in [1.165, 1.54) is 0 Å². The van der Waals surface area contributed by atoms with E-state index in [-0.39, 0.29) is 0 Å². The smallest absolute Gasteiger partial charge is 0.258 e. The van der Waals surface area contributed by atoms with Gasteiger partial charge in [0.1, 0.15) is 0 Å². The van der Waals surface area contributed by atoms with Gasteiger partial charge in [0.2, 0.25) is 0 Å². The van der Waals surface area contributed by atoms with E-state index in [1.807, 2.05) is 32.0 Å². The fourth-order valence-corrected chi connectivity index (χ4v) is 1.94. The van der Waals surface area contributed by atoms with E-state index in [9.17, 15) is 0 Å². The van der Waals surface area contributed by atoms with Crippen molar-refractivity contribution in [3.8, 4) is 11.5 Å². The third-order valence-electron chi connectivity index (χ3n) is 2.92. The van der Waals surface area contributed by atoms with Crippen LogP contribution in [-0.4, -0.2) is 23.4 Å². The highest BCUT2D eigenvalue weighted by atomic mass is 35.5. The van der Waals surface area contributed by atoms with E-state index in [0.717, 1.165) is 17.5 Å². The Morgan fingerprint density at radius 1 is 1.45 bits per heavy atom. The quantitative estimate of drug-likeness (QED) is 0.829. The lowest BCUT2D eigenvalue weighted by Gasteiger charge is -2.06. The molecular weight excluding hydrogens is 278 g/mol. The van der Waals surface area contributed by atoms with Gasteiger partial charge in [-0.3, -0.25) is 0 Å². The molecule has 0 radical (unpaired) electrons. The average molecular weight is 296 g/mol. The number of ether oxygens (including phenoxy) is 1. The first-order valence-electron chi connectivity index (χ1n) is 6.56. The van der Waals surface area contributed by atoms with Gasteiger partial charge in [-0.1, -0.05) is 29.7 Å². The predicted molar refractivity (Wildman–Crippen MR) is 77.5 cm³/mol. The van der Waals surface area contributed by atoms with Crippen LogP contribution in [-0.2, 0) is 4.74 Å². The topological polar surface area (TPSA) is 74.2 Å². The lowest BCUT2D eigenvalue weighted by atomic mass is 10.1. The molecule has 1 heterocycles. The van der Waals surface area contributed by atoms with Gasteiger partial charge in [-0.05, 0) is 31.0 Å². The van der Waals surface area contributed by atoms with E-state index >= 15 is 0 Å². The monoisotopic (exact) mass is 295 g/mol. The van der Waals surface area contributed by atoms with Gasteiger partial charge in [-0.25, -0.2) is 0 Å². The molecular formula is C14H18ClN3O2. The van der Waals surface area contributed by atoms with Crippen molar-refractivity contribution in [3.63, 3.8) is 0 Å². The molecule has 2 N–H and O–H groups in total. The number of aromatic nitrogens is 2. The molecule has 0 aliphatic carbocycles. The Bertz CT molecular complexity index is 571. The zero-order chi connectivity index (χ0) is 14.5. The summed E-state index contributed by atoms with van der Waals surface area (Å²) >= 11 is 6.08. The van der Waals surface area contributed by atoms with Gasteiger partial charge < -0.3 is 15.0 Å². The molecule has 20 heavy (non-hydrogen) atoms. The minimum atomic E-state index is -0.390. The van der Waals surface area contributed by atoms with E-state index in [2.05, 4.69) is 10.1 Å². The summed E-state index contributed by atoms with van der Waals surface area (Å²) in [6, 6.07) is 5.16. The van der Waals surface area contributed by atoms with Gasteiger partial charge in [0.05, 0.1) is 12.6 Å². The van der Waals surface area contributed by atoms with E-state index < -0.39 is 6.04 Å². The van der Waals surface area contributed by atoms with Crippen LogP contribution in [0.3, 0.4) is 0 Å². The maximum absolute atomic E-state index is 6.08. The van der Waals surface area contributed by atoms with Crippen LogP contribution in [0.5, 0.6) is 0 Å². The molecule has 1 aromatic carbocycles. The summed E-state index contributed by atoms with van der Waals surface area (Å²) in [4.78, 5) is 4.32. The third kappa shape index (κ3) is 3.36. The van der Waals surface area contributed by atoms with Crippen molar-refractivity contribution in [2.45, 2.75) is 26.3 Å². The Labute approximate surface area is 123 Å². The Balaban J connectivity index is 2.14. The highest BCUT2D eigenvalue weighted by Gasteiger charge is 2.17. The molecule has 108 valence electrons. The molecule has 0 bridgehead atoms. The van der Waals surface area contributed by atoms with Gasteiger partial charge in [0, 0.05) is 17.2 Å². The average Bonchev–Trinajstić information content (AvgIpc) is 2.91. The zero-order valence-electron chi connectivity index (χ0n) is 11.6. The van der Waals surface area contributed by atoms with Gasteiger partial charge >= 0.3 is 0 Å². The molecule has 6 heteroatoms. The Hall–Kier alpha value is -1.43. The molecule has 2 rings (SSSR count). The normalized spacial score (nSPS) is 12.6. The van der Waals surface area contributed by atoms with Crippen LogP contribution in [0.2, 0.25) is 5.02 Å². The number of nitrogens with two attached hydrogens (primary N) is 1. The van der Waals surface area contributed by atoms with Gasteiger partial charge in [-0.2, -0.15) is 4.98 Å². The maximum atomic E-state index is 6.08. The molecule has 0 fully saturated rings. The van der Waals surface area contributed by atoms with Crippen LogP contribution in [0, 0.1) is 6.92 Å². The summed E-state index contributed by atoms with van der Waals surface area (Å²) in [7, 11) is 0. The largest absolute Gasteiger partial charge is 0.379 e. The Kier molecular flexibility index (Phi) is 5.11. The van der Waals surface area contributed by atoms with Crippen molar-refractivity contribution in [1.82, 2.24) is 10.1 Å². The van der Waals surface area contributed by atoms with Crippen LogP contribution in [0.25, 0.3) is 11.5 Å². The predicted octanol–water partition coefficient (Wildman–Crippen LogP) is 3.12. The van der Waals surface area contributed by atoms with Crippen LogP contribution in [0.1, 0.15) is 30.8 Å². The molecule has 0 aliphatic rings. The third-order valence-corrected chi connectivity index (χ3v) is 3.33. The lowest BCUT2D eigenvalue weighted by molar-refractivity contribution is 0.119.